The molecule has 102 valence electrons. The Balaban J connectivity index is 2.06. The van der Waals surface area contributed by atoms with Crippen molar-refractivity contribution in [2.75, 3.05) is 24.7 Å². The number of nitrogens with zero attached hydrogens (tertiary/aromatic N) is 1. The fourth-order valence-corrected chi connectivity index (χ4v) is 2.26. The highest BCUT2D eigenvalue weighted by molar-refractivity contribution is 6.52. The molecule has 1 aromatic carbocycles. The number of para-hydroxylation sites is 1. The fourth-order valence-electron chi connectivity index (χ4n) is 2.26. The van der Waals surface area contributed by atoms with Crippen LogP contribution < -0.4 is 4.90 Å². The van der Waals surface area contributed by atoms with Crippen LogP contribution in [0.3, 0.4) is 0 Å². The van der Waals surface area contributed by atoms with E-state index in [2.05, 4.69) is 6.92 Å². The summed E-state index contributed by atoms with van der Waals surface area (Å²) in [4.78, 5) is 25.4. The number of ketones is 1. The highest BCUT2D eigenvalue weighted by Crippen LogP contribution is 2.31. The van der Waals surface area contributed by atoms with Crippen LogP contribution >= 0.6 is 0 Å². The van der Waals surface area contributed by atoms with Crippen LogP contribution in [0.5, 0.6) is 0 Å². The number of anilines is 1. The van der Waals surface area contributed by atoms with Crippen LogP contribution in [0.2, 0.25) is 0 Å². The van der Waals surface area contributed by atoms with Crippen LogP contribution in [0.1, 0.15) is 35.7 Å². The van der Waals surface area contributed by atoms with Gasteiger partial charge in [-0.05, 0) is 25.0 Å². The molecule has 0 unspecified atom stereocenters. The first-order chi connectivity index (χ1) is 9.16. The molecule has 1 amide bonds. The summed E-state index contributed by atoms with van der Waals surface area (Å²) >= 11 is 0. The third-order valence-corrected chi connectivity index (χ3v) is 3.29. The average molecular weight is 261 g/mol. The second-order valence-corrected chi connectivity index (χ2v) is 4.72. The Morgan fingerprint density at radius 1 is 1.21 bits per heavy atom. The van der Waals surface area contributed by atoms with Gasteiger partial charge in [0.2, 0.25) is 0 Å². The Kier molecular flexibility index (Phi) is 4.32. The minimum Gasteiger partial charge on any atom is -0.380 e. The number of carbonyl (C=O) groups is 2. The molecule has 0 bridgehead atoms. The second kappa shape index (κ2) is 5.97. The highest BCUT2D eigenvalue weighted by Gasteiger charge is 2.36. The van der Waals surface area contributed by atoms with Gasteiger partial charge >= 0.3 is 0 Å². The van der Waals surface area contributed by atoms with Crippen molar-refractivity contribution in [2.45, 2.75) is 26.7 Å². The molecular formula is C15H19NO3. The average Bonchev–Trinajstić information content (AvgIpc) is 2.65. The third-order valence-electron chi connectivity index (χ3n) is 3.29. The normalized spacial score (nSPS) is 14.1. The number of rotatable bonds is 6. The Labute approximate surface area is 113 Å². The first-order valence-corrected chi connectivity index (χ1v) is 6.70. The van der Waals surface area contributed by atoms with Crippen molar-refractivity contribution in [3.05, 3.63) is 29.3 Å². The fraction of sp³-hybridized carbons (Fsp3) is 0.467. The number of benzene rings is 1. The van der Waals surface area contributed by atoms with E-state index in [0.29, 0.717) is 25.3 Å². The lowest BCUT2D eigenvalue weighted by Gasteiger charge is -2.18. The number of ether oxygens (including phenoxy) is 1. The molecule has 0 saturated heterocycles. The number of Topliss-reactive ketones (excluding diaryl/α,β-unsaturated/α-hetero) is 1. The van der Waals surface area contributed by atoms with Crippen molar-refractivity contribution in [3.63, 3.8) is 0 Å². The van der Waals surface area contributed by atoms with E-state index in [0.717, 1.165) is 24.1 Å². The smallest absolute Gasteiger partial charge is 0.299 e. The van der Waals surface area contributed by atoms with Crippen molar-refractivity contribution in [1.29, 1.82) is 0 Å². The van der Waals surface area contributed by atoms with Crippen LogP contribution in [-0.4, -0.2) is 31.4 Å². The summed E-state index contributed by atoms with van der Waals surface area (Å²) in [5.74, 6) is -0.851. The molecular weight excluding hydrogens is 242 g/mol. The second-order valence-electron chi connectivity index (χ2n) is 4.72. The van der Waals surface area contributed by atoms with E-state index in [1.54, 1.807) is 17.0 Å². The molecule has 1 aromatic rings. The Morgan fingerprint density at radius 3 is 2.74 bits per heavy atom. The molecule has 19 heavy (non-hydrogen) atoms. The minimum absolute atomic E-state index is 0.410. The van der Waals surface area contributed by atoms with Crippen LogP contribution in [0, 0.1) is 6.92 Å². The lowest BCUT2D eigenvalue weighted by atomic mass is 10.1. The molecule has 0 aromatic heterocycles. The Morgan fingerprint density at radius 2 is 2.00 bits per heavy atom. The zero-order valence-corrected chi connectivity index (χ0v) is 11.4. The van der Waals surface area contributed by atoms with E-state index in [-0.39, 0.29) is 0 Å². The standard InChI is InChI=1S/C15H19NO3/c1-3-4-9-19-10-8-16-13-11(2)6-5-7-12(13)14(17)15(16)18/h5-7H,3-4,8-10H2,1-2H3. The number of amides is 1. The van der Waals surface area contributed by atoms with Gasteiger partial charge in [-0.2, -0.15) is 0 Å². The summed E-state index contributed by atoms with van der Waals surface area (Å²) < 4.78 is 5.47. The van der Waals surface area contributed by atoms with Crippen LogP contribution in [0.15, 0.2) is 18.2 Å². The van der Waals surface area contributed by atoms with Gasteiger partial charge in [0.25, 0.3) is 11.7 Å². The van der Waals surface area contributed by atoms with Crippen LogP contribution in [0.25, 0.3) is 0 Å². The summed E-state index contributed by atoms with van der Waals surface area (Å²) in [6, 6.07) is 5.43. The maximum absolute atomic E-state index is 12.0. The summed E-state index contributed by atoms with van der Waals surface area (Å²) in [6.07, 6.45) is 2.10. The van der Waals surface area contributed by atoms with Gasteiger partial charge in [0.05, 0.1) is 17.9 Å². The molecule has 0 aliphatic carbocycles. The molecule has 0 saturated carbocycles. The SMILES string of the molecule is CCCCOCCN1C(=O)C(=O)c2cccc(C)c21. The summed E-state index contributed by atoms with van der Waals surface area (Å²) in [7, 11) is 0. The van der Waals surface area contributed by atoms with Gasteiger partial charge < -0.3 is 9.64 Å². The number of carbonyl (C=O) groups excluding carboxylic acids is 2. The molecule has 4 heteroatoms. The molecule has 0 atom stereocenters. The van der Waals surface area contributed by atoms with Gasteiger partial charge in [-0.25, -0.2) is 0 Å². The maximum Gasteiger partial charge on any atom is 0.299 e. The number of fused-ring (bicyclic) bond motifs is 1. The third kappa shape index (κ3) is 2.68. The van der Waals surface area contributed by atoms with Crippen molar-refractivity contribution < 1.29 is 14.3 Å². The van der Waals surface area contributed by atoms with E-state index in [1.807, 2.05) is 13.0 Å². The van der Waals surface area contributed by atoms with Gasteiger partial charge in [0.15, 0.2) is 0 Å². The first kappa shape index (κ1) is 13.7. The van der Waals surface area contributed by atoms with Gasteiger partial charge in [-0.15, -0.1) is 0 Å². The van der Waals surface area contributed by atoms with E-state index in [1.165, 1.54) is 0 Å². The summed E-state index contributed by atoms with van der Waals surface area (Å²) in [5, 5.41) is 0. The number of hydrogen-bond donors (Lipinski definition) is 0. The Hall–Kier alpha value is -1.68. The van der Waals surface area contributed by atoms with Crippen LogP contribution in [-0.2, 0) is 9.53 Å². The van der Waals surface area contributed by atoms with Crippen molar-refractivity contribution in [3.8, 4) is 0 Å². The van der Waals surface area contributed by atoms with Crippen molar-refractivity contribution >= 4 is 17.4 Å². The predicted octanol–water partition coefficient (Wildman–Crippen LogP) is 2.34. The highest BCUT2D eigenvalue weighted by atomic mass is 16.5. The summed E-state index contributed by atoms with van der Waals surface area (Å²) in [6.45, 7) is 5.62. The topological polar surface area (TPSA) is 46.6 Å². The number of aryl methyl sites for hydroxylation is 1. The van der Waals surface area contributed by atoms with E-state index < -0.39 is 11.7 Å². The molecule has 1 heterocycles. The molecule has 0 spiro atoms. The first-order valence-electron chi connectivity index (χ1n) is 6.70. The molecule has 2 rings (SSSR count). The van der Waals surface area contributed by atoms with Gasteiger partial charge in [0, 0.05) is 13.2 Å². The molecule has 0 fully saturated rings. The van der Waals surface area contributed by atoms with E-state index in [4.69, 9.17) is 4.74 Å². The molecule has 0 radical (unpaired) electrons. The predicted molar refractivity (Wildman–Crippen MR) is 73.6 cm³/mol. The van der Waals surface area contributed by atoms with E-state index in [9.17, 15) is 9.59 Å². The number of unbranched alkanes of at least 4 members (excludes halogenated alkanes) is 1. The van der Waals surface area contributed by atoms with Gasteiger partial charge in [0.1, 0.15) is 0 Å². The zero-order valence-electron chi connectivity index (χ0n) is 11.4. The number of hydrogen-bond acceptors (Lipinski definition) is 3. The van der Waals surface area contributed by atoms with Gasteiger partial charge in [-0.1, -0.05) is 25.5 Å². The van der Waals surface area contributed by atoms with E-state index >= 15 is 0 Å². The summed E-state index contributed by atoms with van der Waals surface area (Å²) in [5.41, 5.74) is 2.21. The van der Waals surface area contributed by atoms with Crippen LogP contribution in [0.4, 0.5) is 5.69 Å². The largest absolute Gasteiger partial charge is 0.380 e. The lowest BCUT2D eigenvalue weighted by molar-refractivity contribution is -0.114. The maximum atomic E-state index is 12.0. The van der Waals surface area contributed by atoms with Crippen molar-refractivity contribution in [1.82, 2.24) is 0 Å². The van der Waals surface area contributed by atoms with Crippen molar-refractivity contribution in [2.24, 2.45) is 0 Å². The molecule has 0 N–H and O–H groups in total. The molecule has 1 aliphatic heterocycles. The minimum atomic E-state index is -0.441. The Bertz CT molecular complexity index is 496. The quantitative estimate of drug-likeness (QED) is 0.583. The molecule has 1 aliphatic rings. The lowest BCUT2D eigenvalue weighted by Crippen LogP contribution is -2.33. The zero-order chi connectivity index (χ0) is 13.8. The molecule has 4 nitrogen and oxygen atoms in total. The van der Waals surface area contributed by atoms with Gasteiger partial charge in [-0.3, -0.25) is 9.59 Å². The monoisotopic (exact) mass is 261 g/mol.